The van der Waals surface area contributed by atoms with Crippen LogP contribution in [0.5, 0.6) is 0 Å². The number of carbonyl (C=O) groups excluding carboxylic acids is 1. The molecule has 20 heavy (non-hydrogen) atoms. The highest BCUT2D eigenvalue weighted by Gasteiger charge is 2.31. The smallest absolute Gasteiger partial charge is 0.319 e. The summed E-state index contributed by atoms with van der Waals surface area (Å²) < 4.78 is 0. The summed E-state index contributed by atoms with van der Waals surface area (Å²) in [4.78, 5) is 23.1. The Bertz CT molecular complexity index is 502. The van der Waals surface area contributed by atoms with Crippen LogP contribution in [0.4, 0.5) is 10.5 Å². The molecule has 1 saturated carbocycles. The van der Waals surface area contributed by atoms with Gasteiger partial charge in [-0.25, -0.2) is 4.79 Å². The van der Waals surface area contributed by atoms with Crippen LogP contribution in [0.1, 0.15) is 31.2 Å². The third kappa shape index (κ3) is 3.73. The van der Waals surface area contributed by atoms with Crippen molar-refractivity contribution in [3.8, 4) is 0 Å². The zero-order valence-electron chi connectivity index (χ0n) is 11.6. The topological polar surface area (TPSA) is 78.4 Å². The SMILES string of the molecule is Cc1cccc(NC(=O)NC2CCCCC2C(=O)O)c1. The van der Waals surface area contributed by atoms with Crippen molar-refractivity contribution in [3.05, 3.63) is 29.8 Å². The quantitative estimate of drug-likeness (QED) is 0.794. The van der Waals surface area contributed by atoms with Crippen LogP contribution in [0, 0.1) is 12.8 Å². The Morgan fingerprint density at radius 2 is 2.00 bits per heavy atom. The van der Waals surface area contributed by atoms with Crippen LogP contribution >= 0.6 is 0 Å². The van der Waals surface area contributed by atoms with E-state index < -0.39 is 11.9 Å². The number of carbonyl (C=O) groups is 2. The molecule has 2 amide bonds. The monoisotopic (exact) mass is 276 g/mol. The fourth-order valence-corrected chi connectivity index (χ4v) is 2.66. The fraction of sp³-hybridized carbons (Fsp3) is 0.467. The Labute approximate surface area is 118 Å². The van der Waals surface area contributed by atoms with Crippen LogP contribution < -0.4 is 10.6 Å². The van der Waals surface area contributed by atoms with E-state index >= 15 is 0 Å². The number of amides is 2. The van der Waals surface area contributed by atoms with Gasteiger partial charge in [-0.15, -0.1) is 0 Å². The average molecular weight is 276 g/mol. The molecule has 2 atom stereocenters. The molecule has 1 aromatic carbocycles. The fourth-order valence-electron chi connectivity index (χ4n) is 2.66. The molecule has 2 rings (SSSR count). The number of carboxylic acid groups (broad SMARTS) is 1. The lowest BCUT2D eigenvalue weighted by molar-refractivity contribution is -0.143. The van der Waals surface area contributed by atoms with Crippen LogP contribution in [0.3, 0.4) is 0 Å². The molecule has 0 saturated heterocycles. The van der Waals surface area contributed by atoms with Crippen molar-refractivity contribution in [2.75, 3.05) is 5.32 Å². The molecule has 1 aliphatic rings. The summed E-state index contributed by atoms with van der Waals surface area (Å²) in [6, 6.07) is 6.87. The summed E-state index contributed by atoms with van der Waals surface area (Å²) in [7, 11) is 0. The van der Waals surface area contributed by atoms with Crippen molar-refractivity contribution in [3.63, 3.8) is 0 Å². The van der Waals surface area contributed by atoms with Crippen molar-refractivity contribution in [1.82, 2.24) is 5.32 Å². The molecular weight excluding hydrogens is 256 g/mol. The summed E-state index contributed by atoms with van der Waals surface area (Å²) in [5.74, 6) is -1.31. The first-order chi connectivity index (χ1) is 9.56. The number of aliphatic carboxylic acids is 1. The molecule has 1 fully saturated rings. The lowest BCUT2D eigenvalue weighted by Crippen LogP contribution is -2.46. The number of hydrogen-bond acceptors (Lipinski definition) is 2. The molecule has 1 aliphatic carbocycles. The minimum Gasteiger partial charge on any atom is -0.481 e. The molecule has 0 aromatic heterocycles. The van der Waals surface area contributed by atoms with E-state index in [0.29, 0.717) is 12.1 Å². The summed E-state index contributed by atoms with van der Waals surface area (Å²) >= 11 is 0. The maximum atomic E-state index is 11.9. The molecule has 0 aliphatic heterocycles. The second kappa shape index (κ2) is 6.41. The Morgan fingerprint density at radius 1 is 1.25 bits per heavy atom. The van der Waals surface area contributed by atoms with Gasteiger partial charge in [-0.3, -0.25) is 4.79 Å². The van der Waals surface area contributed by atoms with Gasteiger partial charge in [0.2, 0.25) is 0 Å². The van der Waals surface area contributed by atoms with Crippen molar-refractivity contribution < 1.29 is 14.7 Å². The second-order valence-electron chi connectivity index (χ2n) is 5.30. The number of aryl methyl sites for hydroxylation is 1. The minimum absolute atomic E-state index is 0.286. The van der Waals surface area contributed by atoms with Crippen molar-refractivity contribution >= 4 is 17.7 Å². The molecule has 3 N–H and O–H groups in total. The van der Waals surface area contributed by atoms with Gasteiger partial charge >= 0.3 is 12.0 Å². The highest BCUT2D eigenvalue weighted by atomic mass is 16.4. The van der Waals surface area contributed by atoms with Crippen LogP contribution in [-0.2, 0) is 4.79 Å². The molecule has 0 heterocycles. The van der Waals surface area contributed by atoms with Gasteiger partial charge in [-0.05, 0) is 37.5 Å². The summed E-state index contributed by atoms with van der Waals surface area (Å²) in [5, 5.41) is 14.7. The molecule has 2 unspecified atom stereocenters. The van der Waals surface area contributed by atoms with Gasteiger partial charge < -0.3 is 15.7 Å². The lowest BCUT2D eigenvalue weighted by atomic mass is 9.84. The summed E-state index contributed by atoms with van der Waals surface area (Å²) in [6.07, 6.45) is 3.22. The number of urea groups is 1. The largest absolute Gasteiger partial charge is 0.481 e. The van der Waals surface area contributed by atoms with Crippen LogP contribution in [0.25, 0.3) is 0 Å². The molecule has 0 radical (unpaired) electrons. The van der Waals surface area contributed by atoms with E-state index in [1.54, 1.807) is 0 Å². The number of rotatable bonds is 3. The highest BCUT2D eigenvalue weighted by molar-refractivity contribution is 5.90. The van der Waals surface area contributed by atoms with Gasteiger partial charge in [0, 0.05) is 11.7 Å². The first-order valence-corrected chi connectivity index (χ1v) is 6.93. The van der Waals surface area contributed by atoms with E-state index in [1.165, 1.54) is 0 Å². The van der Waals surface area contributed by atoms with Crippen molar-refractivity contribution in [1.29, 1.82) is 0 Å². The van der Waals surface area contributed by atoms with Gasteiger partial charge in [0.15, 0.2) is 0 Å². The zero-order chi connectivity index (χ0) is 14.5. The van der Waals surface area contributed by atoms with E-state index in [9.17, 15) is 14.7 Å². The predicted octanol–water partition coefficient (Wildman–Crippen LogP) is 2.76. The van der Waals surface area contributed by atoms with Gasteiger partial charge in [0.1, 0.15) is 0 Å². The molecule has 5 heteroatoms. The van der Waals surface area contributed by atoms with E-state index in [4.69, 9.17) is 0 Å². The predicted molar refractivity (Wildman–Crippen MR) is 76.7 cm³/mol. The second-order valence-corrected chi connectivity index (χ2v) is 5.30. The van der Waals surface area contributed by atoms with Gasteiger partial charge in [0.25, 0.3) is 0 Å². The number of hydrogen-bond donors (Lipinski definition) is 3. The molecular formula is C15H20N2O3. The van der Waals surface area contributed by atoms with Crippen LogP contribution in [0.15, 0.2) is 24.3 Å². The molecule has 0 spiro atoms. The number of benzene rings is 1. The lowest BCUT2D eigenvalue weighted by Gasteiger charge is -2.29. The first kappa shape index (κ1) is 14.4. The first-order valence-electron chi connectivity index (χ1n) is 6.93. The molecule has 0 bridgehead atoms. The summed E-state index contributed by atoms with van der Waals surface area (Å²) in [5.41, 5.74) is 1.77. The maximum Gasteiger partial charge on any atom is 0.319 e. The molecule has 1 aromatic rings. The van der Waals surface area contributed by atoms with Crippen molar-refractivity contribution in [2.45, 2.75) is 38.6 Å². The van der Waals surface area contributed by atoms with Gasteiger partial charge in [-0.2, -0.15) is 0 Å². The Balaban J connectivity index is 1.94. The van der Waals surface area contributed by atoms with E-state index in [2.05, 4.69) is 10.6 Å². The summed E-state index contributed by atoms with van der Waals surface area (Å²) in [6.45, 7) is 1.95. The van der Waals surface area contributed by atoms with E-state index in [-0.39, 0.29) is 12.1 Å². The molecule has 108 valence electrons. The van der Waals surface area contributed by atoms with Crippen LogP contribution in [-0.4, -0.2) is 23.1 Å². The number of anilines is 1. The maximum absolute atomic E-state index is 11.9. The zero-order valence-corrected chi connectivity index (χ0v) is 11.6. The number of carboxylic acids is 1. The van der Waals surface area contributed by atoms with E-state index in [1.807, 2.05) is 31.2 Å². The van der Waals surface area contributed by atoms with Gasteiger partial charge in [-0.1, -0.05) is 25.0 Å². The standard InChI is InChI=1S/C15H20N2O3/c1-10-5-4-6-11(9-10)16-15(20)17-13-8-3-2-7-12(13)14(18)19/h4-6,9,12-13H,2-3,7-8H2,1H3,(H,18,19)(H2,16,17,20). The highest BCUT2D eigenvalue weighted by Crippen LogP contribution is 2.24. The van der Waals surface area contributed by atoms with Crippen molar-refractivity contribution in [2.24, 2.45) is 5.92 Å². The normalized spacial score (nSPS) is 22.1. The number of nitrogens with one attached hydrogen (secondary N) is 2. The Hall–Kier alpha value is -2.04. The molecule has 5 nitrogen and oxygen atoms in total. The average Bonchev–Trinajstić information content (AvgIpc) is 2.38. The Morgan fingerprint density at radius 3 is 2.70 bits per heavy atom. The third-order valence-electron chi connectivity index (χ3n) is 3.68. The minimum atomic E-state index is -0.828. The van der Waals surface area contributed by atoms with Gasteiger partial charge in [0.05, 0.1) is 5.92 Å². The van der Waals surface area contributed by atoms with E-state index in [0.717, 1.165) is 24.8 Å². The van der Waals surface area contributed by atoms with Crippen LogP contribution in [0.2, 0.25) is 0 Å². The third-order valence-corrected chi connectivity index (χ3v) is 3.68. The Kier molecular flexibility index (Phi) is 4.61.